The quantitative estimate of drug-likeness (QED) is 0.107. The largest absolute Gasteiger partial charge is 0.0622 e. The van der Waals surface area contributed by atoms with Crippen molar-refractivity contribution in [3.63, 3.8) is 0 Å². The zero-order chi connectivity index (χ0) is 45.2. The minimum atomic E-state index is 0.909. The van der Waals surface area contributed by atoms with Crippen LogP contribution in [0.4, 0.5) is 0 Å². The molecular weight excluding hydrogens is 817 g/mol. The lowest BCUT2D eigenvalue weighted by molar-refractivity contribution is 1.19. The maximum atomic E-state index is 2.46. The fourth-order valence-electron chi connectivity index (χ4n) is 10.5. The van der Waals surface area contributed by atoms with Gasteiger partial charge in [0.05, 0.1) is 0 Å². The van der Waals surface area contributed by atoms with Gasteiger partial charge in [-0.05, 0) is 159 Å². The highest BCUT2D eigenvalue weighted by Gasteiger charge is 2.21. The molecule has 0 atom stereocenters. The fraction of sp³-hybridized carbons (Fsp3) is 0.0588. The van der Waals surface area contributed by atoms with Gasteiger partial charge >= 0.3 is 0 Å². The van der Waals surface area contributed by atoms with Gasteiger partial charge in [0.15, 0.2) is 0 Å². The molecule has 12 aromatic carbocycles. The van der Waals surface area contributed by atoms with Crippen LogP contribution in [0.5, 0.6) is 0 Å². The van der Waals surface area contributed by atoms with Crippen LogP contribution in [-0.2, 0) is 25.7 Å². The maximum Gasteiger partial charge on any atom is -0.00139 e. The summed E-state index contributed by atoms with van der Waals surface area (Å²) < 4.78 is 0. The van der Waals surface area contributed by atoms with Gasteiger partial charge in [-0.2, -0.15) is 0 Å². The Hall–Kier alpha value is -8.32. The van der Waals surface area contributed by atoms with E-state index in [1.54, 1.807) is 0 Å². The van der Waals surface area contributed by atoms with E-state index in [1.807, 2.05) is 0 Å². The van der Waals surface area contributed by atoms with Crippen LogP contribution in [-0.4, -0.2) is 0 Å². The highest BCUT2D eigenvalue weighted by atomic mass is 14.2. The lowest BCUT2D eigenvalue weighted by Gasteiger charge is -2.22. The molecule has 0 aromatic heterocycles. The van der Waals surface area contributed by atoms with Gasteiger partial charge in [0.25, 0.3) is 0 Å². The van der Waals surface area contributed by atoms with E-state index < -0.39 is 0 Å². The number of benzene rings is 12. The first-order valence-electron chi connectivity index (χ1n) is 24.0. The molecule has 0 heteroatoms. The first-order chi connectivity index (χ1) is 33.7. The van der Waals surface area contributed by atoms with Gasteiger partial charge in [-0.25, -0.2) is 0 Å². The average Bonchev–Trinajstić information content (AvgIpc) is 3.40. The molecule has 0 bridgehead atoms. The van der Waals surface area contributed by atoms with Crippen molar-refractivity contribution in [2.24, 2.45) is 0 Å². The maximum absolute atomic E-state index is 2.46. The second kappa shape index (κ2) is 18.2. The summed E-state index contributed by atoms with van der Waals surface area (Å²) in [5.41, 5.74) is 20.5. The number of rotatable bonds is 12. The van der Waals surface area contributed by atoms with E-state index in [-0.39, 0.29) is 0 Å². The molecule has 0 saturated carbocycles. The van der Waals surface area contributed by atoms with Gasteiger partial charge in [0, 0.05) is 0 Å². The summed E-state index contributed by atoms with van der Waals surface area (Å²) in [5.74, 6) is 0. The Morgan fingerprint density at radius 1 is 0.176 bits per heavy atom. The minimum Gasteiger partial charge on any atom is -0.0622 e. The van der Waals surface area contributed by atoms with Gasteiger partial charge in [0.2, 0.25) is 0 Å². The third kappa shape index (κ3) is 8.27. The Bertz CT molecular complexity index is 3140. The molecule has 0 aliphatic rings. The van der Waals surface area contributed by atoms with Crippen LogP contribution in [0.2, 0.25) is 0 Å². The molecule has 68 heavy (non-hydrogen) atoms. The summed E-state index contributed by atoms with van der Waals surface area (Å²) in [5, 5.41) is 7.74. The van der Waals surface area contributed by atoms with Gasteiger partial charge in [-0.3, -0.25) is 0 Å². The van der Waals surface area contributed by atoms with Crippen molar-refractivity contribution >= 4 is 32.3 Å². The highest BCUT2D eigenvalue weighted by molar-refractivity contribution is 6.32. The molecular formula is C68H50. The summed E-state index contributed by atoms with van der Waals surface area (Å²) in [4.78, 5) is 0. The zero-order valence-electron chi connectivity index (χ0n) is 38.1. The average molecular weight is 867 g/mol. The summed E-state index contributed by atoms with van der Waals surface area (Å²) in [7, 11) is 0. The summed E-state index contributed by atoms with van der Waals surface area (Å²) in [6.45, 7) is 0. The van der Waals surface area contributed by atoms with Crippen LogP contribution in [0.15, 0.2) is 255 Å². The molecule has 0 amide bonds. The van der Waals surface area contributed by atoms with E-state index in [1.165, 1.54) is 121 Å². The Morgan fingerprint density at radius 2 is 0.368 bits per heavy atom. The molecule has 0 radical (unpaired) electrons. The Morgan fingerprint density at radius 3 is 0.574 bits per heavy atom. The summed E-state index contributed by atoms with van der Waals surface area (Å²) in [6.07, 6.45) is 3.64. The van der Waals surface area contributed by atoms with Crippen molar-refractivity contribution < 1.29 is 0 Å². The first-order valence-corrected chi connectivity index (χ1v) is 24.0. The Labute approximate surface area is 399 Å². The molecule has 0 aliphatic carbocycles. The number of hydrogen-bond acceptors (Lipinski definition) is 0. The summed E-state index contributed by atoms with van der Waals surface area (Å²) >= 11 is 0. The molecule has 0 spiro atoms. The monoisotopic (exact) mass is 866 g/mol. The molecule has 0 unspecified atom stereocenters. The normalized spacial score (nSPS) is 11.5. The molecule has 0 heterocycles. The van der Waals surface area contributed by atoms with E-state index in [0.717, 1.165) is 25.7 Å². The van der Waals surface area contributed by atoms with E-state index in [4.69, 9.17) is 0 Å². The van der Waals surface area contributed by atoms with Crippen LogP contribution in [0, 0.1) is 0 Å². The van der Waals surface area contributed by atoms with Gasteiger partial charge in [-0.1, -0.05) is 243 Å². The van der Waals surface area contributed by atoms with Crippen LogP contribution in [0.3, 0.4) is 0 Å². The highest BCUT2D eigenvalue weighted by Crippen LogP contribution is 2.48. The van der Waals surface area contributed by atoms with Crippen LogP contribution >= 0.6 is 0 Å². The Balaban J connectivity index is 1.05. The lowest BCUT2D eigenvalue weighted by Crippen LogP contribution is -1.95. The van der Waals surface area contributed by atoms with Gasteiger partial charge < -0.3 is 0 Å². The molecule has 322 valence electrons. The first kappa shape index (κ1) is 41.1. The third-order valence-corrected chi connectivity index (χ3v) is 14.0. The molecule has 0 nitrogen and oxygen atoms in total. The molecule has 12 rings (SSSR count). The molecule has 12 aromatic rings. The van der Waals surface area contributed by atoms with Crippen molar-refractivity contribution in [3.8, 4) is 44.5 Å². The van der Waals surface area contributed by atoms with Crippen molar-refractivity contribution in [2.45, 2.75) is 25.7 Å². The van der Waals surface area contributed by atoms with Crippen LogP contribution in [0.25, 0.3) is 76.8 Å². The van der Waals surface area contributed by atoms with E-state index in [9.17, 15) is 0 Å². The minimum absolute atomic E-state index is 0.909. The van der Waals surface area contributed by atoms with Gasteiger partial charge in [-0.15, -0.1) is 0 Å². The molecule has 0 saturated heterocycles. The summed E-state index contributed by atoms with van der Waals surface area (Å²) in [6, 6.07) is 94.8. The predicted molar refractivity (Wildman–Crippen MR) is 289 cm³/mol. The zero-order valence-corrected chi connectivity index (χ0v) is 38.1. The van der Waals surface area contributed by atoms with Crippen molar-refractivity contribution in [3.05, 3.63) is 299 Å². The lowest BCUT2D eigenvalue weighted by atomic mass is 9.81. The van der Waals surface area contributed by atoms with Crippen LogP contribution < -0.4 is 0 Å². The molecule has 0 fully saturated rings. The van der Waals surface area contributed by atoms with Crippen molar-refractivity contribution in [1.82, 2.24) is 0 Å². The van der Waals surface area contributed by atoms with Gasteiger partial charge in [0.1, 0.15) is 0 Å². The number of hydrogen-bond donors (Lipinski definition) is 0. The fourth-order valence-corrected chi connectivity index (χ4v) is 10.5. The third-order valence-electron chi connectivity index (χ3n) is 14.0. The molecule has 0 aliphatic heterocycles. The SMILES string of the molecule is c1ccc(Cc2ccc(-c3cc(-c4ccc(Cc5ccccc5)cc4)c4ccc5c(-c6ccc(Cc7ccccc7)cc6)cc(-c6ccc(Cc7ccccc7)cc6)c6ccc3c4c65)cc2)cc1. The van der Waals surface area contributed by atoms with Crippen molar-refractivity contribution in [1.29, 1.82) is 0 Å². The standard InChI is InChI=1S/C68H50/c1-5-13-47(14-6-1)41-51-21-29-55(30-22-51)63-45-64(56-31-23-52(24-32-56)42-48-15-7-2-8-16-48)60-39-40-62-66(58-35-27-54(28-36-58)44-50-19-11-4-12-20-50)46-65(61-38-37-59(63)67(60)68(61)62)57-33-25-53(26-34-57)43-49-17-9-3-10-18-49/h1-40,45-46H,41-44H2. The second-order valence-corrected chi connectivity index (χ2v) is 18.5. The van der Waals surface area contributed by atoms with E-state index in [0.29, 0.717) is 0 Å². The van der Waals surface area contributed by atoms with E-state index in [2.05, 4.69) is 255 Å². The topological polar surface area (TPSA) is 0 Å². The predicted octanol–water partition coefficient (Wildman–Crippen LogP) is 17.6. The smallest absolute Gasteiger partial charge is 0.00139 e. The molecule has 0 N–H and O–H groups in total. The second-order valence-electron chi connectivity index (χ2n) is 18.5. The Kier molecular flexibility index (Phi) is 11.0. The van der Waals surface area contributed by atoms with Crippen LogP contribution in [0.1, 0.15) is 44.5 Å². The van der Waals surface area contributed by atoms with Crippen molar-refractivity contribution in [2.75, 3.05) is 0 Å². The van der Waals surface area contributed by atoms with E-state index >= 15 is 0 Å².